The van der Waals surface area contributed by atoms with Gasteiger partial charge in [0, 0.05) is 25.2 Å². The summed E-state index contributed by atoms with van der Waals surface area (Å²) in [5.74, 6) is 0.842. The summed E-state index contributed by atoms with van der Waals surface area (Å²) < 4.78 is 0. The maximum atomic E-state index is 6.18. The highest BCUT2D eigenvalue weighted by Gasteiger charge is 2.41. The number of rotatable bonds is 2. The molecule has 1 heterocycles. The molecule has 1 saturated carbocycles. The maximum absolute atomic E-state index is 6.18. The van der Waals surface area contributed by atoms with Gasteiger partial charge in [0.25, 0.3) is 0 Å². The van der Waals surface area contributed by atoms with E-state index in [4.69, 9.17) is 5.73 Å². The summed E-state index contributed by atoms with van der Waals surface area (Å²) in [6.45, 7) is 5.57. The lowest BCUT2D eigenvalue weighted by molar-refractivity contribution is 0.101. The Morgan fingerprint density at radius 2 is 1.84 bits per heavy atom. The minimum Gasteiger partial charge on any atom is -0.329 e. The SMILES string of the molecule is CC1CCC(CN)(N2CCc3ccccc3CC2)C1. The molecular formula is C17H26N2. The Bertz CT molecular complexity index is 416. The zero-order valence-corrected chi connectivity index (χ0v) is 12.1. The first-order valence-corrected chi connectivity index (χ1v) is 7.75. The van der Waals surface area contributed by atoms with Crippen molar-refractivity contribution >= 4 is 0 Å². The molecule has 1 aliphatic heterocycles. The quantitative estimate of drug-likeness (QED) is 0.883. The fourth-order valence-electron chi connectivity index (χ4n) is 4.11. The van der Waals surface area contributed by atoms with Crippen molar-refractivity contribution in [2.24, 2.45) is 11.7 Å². The van der Waals surface area contributed by atoms with E-state index in [1.807, 2.05) is 0 Å². The molecule has 2 aliphatic rings. The highest BCUT2D eigenvalue weighted by atomic mass is 15.2. The molecule has 104 valence electrons. The molecule has 0 bridgehead atoms. The summed E-state index contributed by atoms with van der Waals surface area (Å²) in [7, 11) is 0. The molecule has 1 aliphatic carbocycles. The van der Waals surface area contributed by atoms with Crippen LogP contribution in [0.25, 0.3) is 0 Å². The molecule has 1 aromatic rings. The topological polar surface area (TPSA) is 29.3 Å². The first-order valence-electron chi connectivity index (χ1n) is 7.75. The number of hydrogen-bond donors (Lipinski definition) is 1. The molecule has 19 heavy (non-hydrogen) atoms. The standard InChI is InChI=1S/C17H26N2/c1-14-6-9-17(12-14,13-18)19-10-7-15-4-2-3-5-16(15)8-11-19/h2-5,14H,6-13,18H2,1H3. The first kappa shape index (κ1) is 13.1. The van der Waals surface area contributed by atoms with E-state index in [2.05, 4.69) is 36.1 Å². The normalized spacial score (nSPS) is 32.0. The molecule has 2 unspecified atom stereocenters. The van der Waals surface area contributed by atoms with Gasteiger partial charge in [-0.1, -0.05) is 31.2 Å². The van der Waals surface area contributed by atoms with Crippen LogP contribution in [0.3, 0.4) is 0 Å². The smallest absolute Gasteiger partial charge is 0.0334 e. The van der Waals surface area contributed by atoms with E-state index < -0.39 is 0 Å². The minimum absolute atomic E-state index is 0.293. The molecule has 0 aromatic heterocycles. The van der Waals surface area contributed by atoms with Crippen molar-refractivity contribution in [1.82, 2.24) is 4.90 Å². The van der Waals surface area contributed by atoms with Gasteiger partial charge in [-0.3, -0.25) is 4.90 Å². The third-order valence-electron chi connectivity index (χ3n) is 5.30. The van der Waals surface area contributed by atoms with Crippen LogP contribution in [0.5, 0.6) is 0 Å². The monoisotopic (exact) mass is 258 g/mol. The minimum atomic E-state index is 0.293. The van der Waals surface area contributed by atoms with Gasteiger partial charge in [0.1, 0.15) is 0 Å². The van der Waals surface area contributed by atoms with Crippen molar-refractivity contribution in [3.8, 4) is 0 Å². The van der Waals surface area contributed by atoms with Crippen LogP contribution in [0.4, 0.5) is 0 Å². The molecule has 2 atom stereocenters. The van der Waals surface area contributed by atoms with Gasteiger partial charge >= 0.3 is 0 Å². The number of fused-ring (bicyclic) bond motifs is 1. The lowest BCUT2D eigenvalue weighted by Gasteiger charge is -2.40. The van der Waals surface area contributed by atoms with Crippen LogP contribution in [-0.2, 0) is 12.8 Å². The van der Waals surface area contributed by atoms with E-state index in [0.717, 1.165) is 12.5 Å². The Morgan fingerprint density at radius 1 is 1.21 bits per heavy atom. The van der Waals surface area contributed by atoms with Crippen LogP contribution in [0.2, 0.25) is 0 Å². The summed E-state index contributed by atoms with van der Waals surface area (Å²) >= 11 is 0. The maximum Gasteiger partial charge on any atom is 0.0334 e. The molecule has 0 spiro atoms. The molecule has 1 fully saturated rings. The lowest BCUT2D eigenvalue weighted by Crippen LogP contribution is -2.53. The predicted molar refractivity (Wildman–Crippen MR) is 80.2 cm³/mol. The molecule has 3 rings (SSSR count). The van der Waals surface area contributed by atoms with Gasteiger partial charge in [-0.15, -0.1) is 0 Å². The Kier molecular flexibility index (Phi) is 3.64. The van der Waals surface area contributed by atoms with Gasteiger partial charge < -0.3 is 5.73 Å². The van der Waals surface area contributed by atoms with Crippen LogP contribution in [-0.4, -0.2) is 30.1 Å². The van der Waals surface area contributed by atoms with Gasteiger partial charge in [-0.25, -0.2) is 0 Å². The highest BCUT2D eigenvalue weighted by Crippen LogP contribution is 2.39. The second kappa shape index (κ2) is 5.26. The van der Waals surface area contributed by atoms with Crippen molar-refractivity contribution in [2.45, 2.75) is 44.6 Å². The number of nitrogens with zero attached hydrogens (tertiary/aromatic N) is 1. The second-order valence-corrected chi connectivity index (χ2v) is 6.53. The molecule has 2 nitrogen and oxygen atoms in total. The van der Waals surface area contributed by atoms with E-state index in [0.29, 0.717) is 5.54 Å². The van der Waals surface area contributed by atoms with E-state index >= 15 is 0 Å². The first-order chi connectivity index (χ1) is 9.23. The van der Waals surface area contributed by atoms with E-state index in [9.17, 15) is 0 Å². The van der Waals surface area contributed by atoms with Crippen LogP contribution in [0.1, 0.15) is 37.3 Å². The van der Waals surface area contributed by atoms with Gasteiger partial charge in [-0.2, -0.15) is 0 Å². The predicted octanol–water partition coefficient (Wildman–Crippen LogP) is 2.60. The molecular weight excluding hydrogens is 232 g/mol. The molecule has 0 radical (unpaired) electrons. The average Bonchev–Trinajstić information content (AvgIpc) is 2.70. The van der Waals surface area contributed by atoms with Crippen molar-refractivity contribution in [2.75, 3.05) is 19.6 Å². The Morgan fingerprint density at radius 3 is 2.32 bits per heavy atom. The molecule has 0 amide bonds. The summed E-state index contributed by atoms with van der Waals surface area (Å²) in [5, 5.41) is 0. The summed E-state index contributed by atoms with van der Waals surface area (Å²) in [5.41, 5.74) is 9.56. The summed E-state index contributed by atoms with van der Waals surface area (Å²) in [6.07, 6.45) is 6.31. The number of benzene rings is 1. The second-order valence-electron chi connectivity index (χ2n) is 6.53. The fraction of sp³-hybridized carbons (Fsp3) is 0.647. The van der Waals surface area contributed by atoms with E-state index in [1.54, 1.807) is 11.1 Å². The van der Waals surface area contributed by atoms with Crippen LogP contribution in [0, 0.1) is 5.92 Å². The zero-order chi connectivity index (χ0) is 13.3. The van der Waals surface area contributed by atoms with Crippen molar-refractivity contribution in [3.05, 3.63) is 35.4 Å². The zero-order valence-electron chi connectivity index (χ0n) is 12.1. The summed E-state index contributed by atoms with van der Waals surface area (Å²) in [6, 6.07) is 8.94. The van der Waals surface area contributed by atoms with Gasteiger partial charge in [0.05, 0.1) is 0 Å². The molecule has 1 aromatic carbocycles. The molecule has 2 N–H and O–H groups in total. The van der Waals surface area contributed by atoms with Crippen LogP contribution >= 0.6 is 0 Å². The van der Waals surface area contributed by atoms with Gasteiger partial charge in [0.2, 0.25) is 0 Å². The van der Waals surface area contributed by atoms with E-state index in [-0.39, 0.29) is 0 Å². The van der Waals surface area contributed by atoms with Crippen molar-refractivity contribution in [3.63, 3.8) is 0 Å². The Hall–Kier alpha value is -0.860. The highest BCUT2D eigenvalue weighted by molar-refractivity contribution is 5.29. The van der Waals surface area contributed by atoms with Crippen LogP contribution in [0.15, 0.2) is 24.3 Å². The largest absolute Gasteiger partial charge is 0.329 e. The number of nitrogens with two attached hydrogens (primary N) is 1. The van der Waals surface area contributed by atoms with Gasteiger partial charge in [0.15, 0.2) is 0 Å². The lowest BCUT2D eigenvalue weighted by atomic mass is 9.93. The Labute approximate surface area is 117 Å². The molecule has 0 saturated heterocycles. The van der Waals surface area contributed by atoms with E-state index in [1.165, 1.54) is 45.2 Å². The van der Waals surface area contributed by atoms with Crippen LogP contribution < -0.4 is 5.73 Å². The molecule has 2 heteroatoms. The van der Waals surface area contributed by atoms with Crippen molar-refractivity contribution < 1.29 is 0 Å². The summed E-state index contributed by atoms with van der Waals surface area (Å²) in [4.78, 5) is 2.70. The third kappa shape index (κ3) is 2.44. The van der Waals surface area contributed by atoms with Gasteiger partial charge in [-0.05, 0) is 49.1 Å². The fourth-order valence-corrected chi connectivity index (χ4v) is 4.11. The third-order valence-corrected chi connectivity index (χ3v) is 5.30. The Balaban J connectivity index is 1.78. The average molecular weight is 258 g/mol. The number of hydrogen-bond acceptors (Lipinski definition) is 2. The van der Waals surface area contributed by atoms with Crippen molar-refractivity contribution in [1.29, 1.82) is 0 Å².